The first kappa shape index (κ1) is 9.49. The number of thiophene rings is 1. The largest absolute Gasteiger partial charge is 0.508 e. The minimum absolute atomic E-state index is 0.319. The number of alkyl halides is 1. The number of hydrogen-bond donors (Lipinski definition) is 1. The maximum absolute atomic E-state index is 9.33. The molecule has 0 fully saturated rings. The van der Waals surface area contributed by atoms with Crippen molar-refractivity contribution in [3.8, 4) is 5.75 Å². The molecule has 13 heavy (non-hydrogen) atoms. The fraction of sp³-hybridized carbons (Fsp3) is 0.111. The predicted molar refractivity (Wildman–Crippen MR) is 63.8 cm³/mol. The lowest BCUT2D eigenvalue weighted by Crippen LogP contribution is -1.73. The third-order valence-electron chi connectivity index (χ3n) is 1.86. The summed E-state index contributed by atoms with van der Waals surface area (Å²) in [6, 6.07) is 5.45. The van der Waals surface area contributed by atoms with Crippen LogP contribution in [-0.2, 0) is 5.33 Å². The Bertz CT molecular complexity index is 450. The van der Waals surface area contributed by atoms with Crippen LogP contribution >= 0.6 is 43.2 Å². The SMILES string of the molecule is Oc1ccc2sc(Br)c(CBr)c2c1. The molecule has 68 valence electrons. The Balaban J connectivity index is 2.80. The second-order valence-corrected chi connectivity index (χ2v) is 5.60. The Morgan fingerprint density at radius 3 is 2.85 bits per heavy atom. The monoisotopic (exact) mass is 320 g/mol. The average molecular weight is 322 g/mol. The van der Waals surface area contributed by atoms with Crippen molar-refractivity contribution in [1.29, 1.82) is 0 Å². The highest BCUT2D eigenvalue weighted by Crippen LogP contribution is 2.38. The van der Waals surface area contributed by atoms with E-state index in [0.29, 0.717) is 5.75 Å². The Morgan fingerprint density at radius 2 is 2.15 bits per heavy atom. The van der Waals surface area contributed by atoms with Crippen molar-refractivity contribution in [3.63, 3.8) is 0 Å². The highest BCUT2D eigenvalue weighted by atomic mass is 79.9. The van der Waals surface area contributed by atoms with Gasteiger partial charge in [-0.3, -0.25) is 0 Å². The first-order valence-corrected chi connectivity index (χ1v) is 6.41. The lowest BCUT2D eigenvalue weighted by Gasteiger charge is -1.94. The molecule has 2 aromatic rings. The van der Waals surface area contributed by atoms with Gasteiger partial charge in [-0.15, -0.1) is 11.3 Å². The van der Waals surface area contributed by atoms with Gasteiger partial charge in [0, 0.05) is 15.4 Å². The van der Waals surface area contributed by atoms with E-state index in [1.165, 1.54) is 10.3 Å². The van der Waals surface area contributed by atoms with E-state index in [4.69, 9.17) is 0 Å². The van der Waals surface area contributed by atoms with Crippen molar-refractivity contribution in [2.75, 3.05) is 0 Å². The molecule has 2 rings (SSSR count). The van der Waals surface area contributed by atoms with Gasteiger partial charge in [-0.1, -0.05) is 15.9 Å². The normalized spacial score (nSPS) is 10.9. The van der Waals surface area contributed by atoms with E-state index in [1.54, 1.807) is 23.5 Å². The van der Waals surface area contributed by atoms with Gasteiger partial charge in [0.1, 0.15) is 5.75 Å². The number of hydrogen-bond acceptors (Lipinski definition) is 2. The van der Waals surface area contributed by atoms with E-state index in [-0.39, 0.29) is 0 Å². The van der Waals surface area contributed by atoms with Crippen LogP contribution in [0, 0.1) is 0 Å². The summed E-state index contributed by atoms with van der Waals surface area (Å²) >= 11 is 8.62. The highest BCUT2D eigenvalue weighted by molar-refractivity contribution is 9.11. The van der Waals surface area contributed by atoms with Gasteiger partial charge in [0.25, 0.3) is 0 Å². The molecule has 0 unspecified atom stereocenters. The smallest absolute Gasteiger partial charge is 0.116 e. The molecule has 0 atom stereocenters. The van der Waals surface area contributed by atoms with Crippen LogP contribution < -0.4 is 0 Å². The predicted octanol–water partition coefficient (Wildman–Crippen LogP) is 4.26. The fourth-order valence-corrected chi connectivity index (χ4v) is 4.18. The van der Waals surface area contributed by atoms with Crippen LogP contribution in [0.25, 0.3) is 10.1 Å². The number of halogens is 2. The summed E-state index contributed by atoms with van der Waals surface area (Å²) in [5.41, 5.74) is 1.20. The Morgan fingerprint density at radius 1 is 1.38 bits per heavy atom. The van der Waals surface area contributed by atoms with Gasteiger partial charge < -0.3 is 5.11 Å². The maximum Gasteiger partial charge on any atom is 0.116 e. The number of benzene rings is 1. The van der Waals surface area contributed by atoms with E-state index in [1.807, 2.05) is 6.07 Å². The van der Waals surface area contributed by atoms with Crippen LogP contribution in [0.4, 0.5) is 0 Å². The molecule has 1 aromatic heterocycles. The molecule has 1 N–H and O–H groups in total. The van der Waals surface area contributed by atoms with Gasteiger partial charge in [0.2, 0.25) is 0 Å². The van der Waals surface area contributed by atoms with Crippen LogP contribution in [0.1, 0.15) is 5.56 Å². The summed E-state index contributed by atoms with van der Waals surface area (Å²) < 4.78 is 2.32. The molecular formula is C9H6Br2OS. The van der Waals surface area contributed by atoms with Crippen molar-refractivity contribution in [3.05, 3.63) is 27.5 Å². The van der Waals surface area contributed by atoms with Crippen molar-refractivity contribution in [2.45, 2.75) is 5.33 Å². The average Bonchev–Trinajstić information content (AvgIpc) is 2.40. The molecule has 4 heteroatoms. The first-order valence-electron chi connectivity index (χ1n) is 3.68. The number of fused-ring (bicyclic) bond motifs is 1. The molecule has 0 amide bonds. The number of phenolic OH excluding ortho intramolecular Hbond substituents is 1. The second-order valence-electron chi connectivity index (χ2n) is 2.67. The van der Waals surface area contributed by atoms with Crippen LogP contribution in [0.5, 0.6) is 5.75 Å². The van der Waals surface area contributed by atoms with Gasteiger partial charge in [-0.25, -0.2) is 0 Å². The van der Waals surface area contributed by atoms with Crippen molar-refractivity contribution >= 4 is 53.3 Å². The Hall–Kier alpha value is -0.0600. The van der Waals surface area contributed by atoms with Crippen LogP contribution in [-0.4, -0.2) is 5.11 Å². The minimum Gasteiger partial charge on any atom is -0.508 e. The number of phenols is 1. The standard InChI is InChI=1S/C9H6Br2OS/c10-4-7-6-3-5(12)1-2-8(6)13-9(7)11/h1-3,12H,4H2. The van der Waals surface area contributed by atoms with E-state index >= 15 is 0 Å². The van der Waals surface area contributed by atoms with Crippen LogP contribution in [0.15, 0.2) is 22.0 Å². The topological polar surface area (TPSA) is 20.2 Å². The Labute approximate surface area is 96.6 Å². The molecule has 0 radical (unpaired) electrons. The number of aromatic hydroxyl groups is 1. The molecule has 1 nitrogen and oxygen atoms in total. The molecule has 0 bridgehead atoms. The lowest BCUT2D eigenvalue weighted by molar-refractivity contribution is 0.476. The van der Waals surface area contributed by atoms with Crippen LogP contribution in [0.2, 0.25) is 0 Å². The quantitative estimate of drug-likeness (QED) is 0.778. The third-order valence-corrected chi connectivity index (χ3v) is 4.39. The van der Waals surface area contributed by atoms with Gasteiger partial charge >= 0.3 is 0 Å². The van der Waals surface area contributed by atoms with E-state index < -0.39 is 0 Å². The zero-order valence-corrected chi connectivity index (χ0v) is 10.5. The van der Waals surface area contributed by atoms with Gasteiger partial charge in [0.05, 0.1) is 3.79 Å². The minimum atomic E-state index is 0.319. The molecule has 0 aliphatic heterocycles. The zero-order valence-electron chi connectivity index (χ0n) is 6.55. The van der Waals surface area contributed by atoms with E-state index in [9.17, 15) is 5.11 Å². The van der Waals surface area contributed by atoms with Gasteiger partial charge in [0.15, 0.2) is 0 Å². The van der Waals surface area contributed by atoms with Crippen LogP contribution in [0.3, 0.4) is 0 Å². The van der Waals surface area contributed by atoms with Gasteiger partial charge in [-0.2, -0.15) is 0 Å². The molecule has 0 spiro atoms. The summed E-state index contributed by atoms with van der Waals surface area (Å²) in [7, 11) is 0. The first-order chi connectivity index (χ1) is 6.22. The molecule has 0 aliphatic rings. The van der Waals surface area contributed by atoms with Crippen molar-refractivity contribution < 1.29 is 5.11 Å². The second kappa shape index (κ2) is 3.59. The summed E-state index contributed by atoms with van der Waals surface area (Å²) in [6.07, 6.45) is 0. The maximum atomic E-state index is 9.33. The molecule has 0 aliphatic carbocycles. The van der Waals surface area contributed by atoms with Crippen molar-refractivity contribution in [2.24, 2.45) is 0 Å². The molecular weight excluding hydrogens is 316 g/mol. The lowest BCUT2D eigenvalue weighted by atomic mass is 10.2. The number of rotatable bonds is 1. The fourth-order valence-electron chi connectivity index (χ4n) is 1.23. The highest BCUT2D eigenvalue weighted by Gasteiger charge is 2.08. The summed E-state index contributed by atoms with van der Waals surface area (Å²) in [5.74, 6) is 0.319. The summed E-state index contributed by atoms with van der Waals surface area (Å²) in [5, 5.41) is 11.3. The summed E-state index contributed by atoms with van der Waals surface area (Å²) in [4.78, 5) is 0. The molecule has 0 saturated carbocycles. The third kappa shape index (κ3) is 1.63. The zero-order chi connectivity index (χ0) is 9.42. The van der Waals surface area contributed by atoms with Crippen molar-refractivity contribution in [1.82, 2.24) is 0 Å². The summed E-state index contributed by atoms with van der Waals surface area (Å²) in [6.45, 7) is 0. The molecule has 0 saturated heterocycles. The molecule has 1 aromatic carbocycles. The Kier molecular flexibility index (Phi) is 2.62. The van der Waals surface area contributed by atoms with Gasteiger partial charge in [-0.05, 0) is 39.7 Å². The molecule has 1 heterocycles. The van der Waals surface area contributed by atoms with E-state index in [0.717, 1.165) is 14.5 Å². The van der Waals surface area contributed by atoms with E-state index in [2.05, 4.69) is 31.9 Å².